The summed E-state index contributed by atoms with van der Waals surface area (Å²) in [6, 6.07) is 0.183. The summed E-state index contributed by atoms with van der Waals surface area (Å²) in [4.78, 5) is 19.4. The second kappa shape index (κ2) is 5.67. The highest BCUT2D eigenvalue weighted by atomic mass is 32.1. The minimum atomic E-state index is -0.132. The summed E-state index contributed by atoms with van der Waals surface area (Å²) in [6.07, 6.45) is 1.91. The van der Waals surface area contributed by atoms with Gasteiger partial charge in [-0.1, -0.05) is 6.92 Å². The van der Waals surface area contributed by atoms with E-state index in [0.717, 1.165) is 18.2 Å². The number of hydrogen-bond acceptors (Lipinski definition) is 5. The zero-order valence-electron chi connectivity index (χ0n) is 11.1. The fourth-order valence-electron chi connectivity index (χ4n) is 2.06. The van der Waals surface area contributed by atoms with E-state index in [2.05, 4.69) is 34.4 Å². The molecule has 6 heteroatoms. The number of rotatable bonds is 4. The van der Waals surface area contributed by atoms with Crippen LogP contribution in [0.3, 0.4) is 0 Å². The van der Waals surface area contributed by atoms with Crippen LogP contribution < -0.4 is 15.5 Å². The predicted octanol–water partition coefficient (Wildman–Crippen LogP) is 1.14. The van der Waals surface area contributed by atoms with Crippen molar-refractivity contribution in [2.24, 2.45) is 0 Å². The third-order valence-corrected chi connectivity index (χ3v) is 4.41. The minimum Gasteiger partial charge on any atom is -0.353 e. The second-order valence-electron chi connectivity index (χ2n) is 4.48. The van der Waals surface area contributed by atoms with Crippen LogP contribution in [-0.4, -0.2) is 36.6 Å². The molecule has 18 heavy (non-hydrogen) atoms. The number of anilines is 1. The van der Waals surface area contributed by atoms with Crippen LogP contribution in [0.4, 0.5) is 5.13 Å². The van der Waals surface area contributed by atoms with Crippen LogP contribution in [0.5, 0.6) is 0 Å². The largest absolute Gasteiger partial charge is 0.353 e. The maximum Gasteiger partial charge on any atom is 0.242 e. The number of amides is 1. The fraction of sp³-hybridized carbons (Fsp3) is 0.667. The smallest absolute Gasteiger partial charge is 0.242 e. The molecule has 1 aliphatic heterocycles. The molecule has 0 aromatic carbocycles. The van der Waals surface area contributed by atoms with Gasteiger partial charge in [-0.25, -0.2) is 4.98 Å². The quantitative estimate of drug-likeness (QED) is 0.860. The summed E-state index contributed by atoms with van der Waals surface area (Å²) in [5.74, 6) is 0.0812. The van der Waals surface area contributed by atoms with Crippen LogP contribution in [0.2, 0.25) is 0 Å². The molecule has 1 aromatic rings. The Bertz CT molecular complexity index is 420. The molecule has 1 fully saturated rings. The molecular weight excluding hydrogens is 248 g/mol. The zero-order chi connectivity index (χ0) is 13.1. The highest BCUT2D eigenvalue weighted by molar-refractivity contribution is 7.15. The van der Waals surface area contributed by atoms with Crippen molar-refractivity contribution in [3.63, 3.8) is 0 Å². The average molecular weight is 268 g/mol. The lowest BCUT2D eigenvalue weighted by Crippen LogP contribution is -2.54. The van der Waals surface area contributed by atoms with Gasteiger partial charge in [-0.3, -0.25) is 4.79 Å². The van der Waals surface area contributed by atoms with E-state index in [-0.39, 0.29) is 11.9 Å². The first-order valence-electron chi connectivity index (χ1n) is 6.37. The number of piperazine rings is 1. The molecule has 1 aliphatic rings. The van der Waals surface area contributed by atoms with Gasteiger partial charge in [-0.2, -0.15) is 0 Å². The summed E-state index contributed by atoms with van der Waals surface area (Å²) in [7, 11) is 0. The Morgan fingerprint density at radius 1 is 1.72 bits per heavy atom. The lowest BCUT2D eigenvalue weighted by molar-refractivity contribution is -0.122. The van der Waals surface area contributed by atoms with Gasteiger partial charge in [0.1, 0.15) is 6.04 Å². The van der Waals surface area contributed by atoms with Crippen molar-refractivity contribution in [3.8, 4) is 0 Å². The van der Waals surface area contributed by atoms with Gasteiger partial charge in [-0.15, -0.1) is 11.3 Å². The van der Waals surface area contributed by atoms with E-state index in [1.165, 1.54) is 4.88 Å². The Morgan fingerprint density at radius 3 is 3.22 bits per heavy atom. The summed E-state index contributed by atoms with van der Waals surface area (Å²) < 4.78 is 0. The van der Waals surface area contributed by atoms with Crippen molar-refractivity contribution in [2.45, 2.75) is 32.9 Å². The molecule has 0 bridgehead atoms. The summed E-state index contributed by atoms with van der Waals surface area (Å²) in [6.45, 7) is 8.61. The van der Waals surface area contributed by atoms with E-state index in [9.17, 15) is 4.79 Å². The first-order chi connectivity index (χ1) is 8.63. The summed E-state index contributed by atoms with van der Waals surface area (Å²) in [5, 5.41) is 7.18. The molecule has 100 valence electrons. The number of thiazole rings is 1. The molecule has 0 aliphatic carbocycles. The summed E-state index contributed by atoms with van der Waals surface area (Å²) in [5.41, 5.74) is 0. The Balaban J connectivity index is 2.11. The van der Waals surface area contributed by atoms with Crippen molar-refractivity contribution in [2.75, 3.05) is 24.5 Å². The number of carbonyl (C=O) groups is 1. The Hall–Kier alpha value is -1.14. The van der Waals surface area contributed by atoms with Gasteiger partial charge in [0, 0.05) is 30.2 Å². The Labute approximate surface area is 112 Å². The van der Waals surface area contributed by atoms with E-state index < -0.39 is 0 Å². The van der Waals surface area contributed by atoms with E-state index >= 15 is 0 Å². The van der Waals surface area contributed by atoms with Crippen LogP contribution in [0.25, 0.3) is 0 Å². The topological polar surface area (TPSA) is 57.3 Å². The number of aromatic nitrogens is 1. The normalized spacial score (nSPS) is 21.8. The molecule has 2 heterocycles. The van der Waals surface area contributed by atoms with Gasteiger partial charge in [0.25, 0.3) is 0 Å². The van der Waals surface area contributed by atoms with Gasteiger partial charge >= 0.3 is 0 Å². The van der Waals surface area contributed by atoms with Gasteiger partial charge < -0.3 is 15.5 Å². The SMILES string of the molecule is CCNC(C)c1cnc(N2CCNC(=O)C2C)s1. The van der Waals surface area contributed by atoms with Crippen molar-refractivity contribution >= 4 is 22.4 Å². The molecular formula is C12H20N4OS. The van der Waals surface area contributed by atoms with Crippen LogP contribution in [0, 0.1) is 0 Å². The molecule has 0 saturated carbocycles. The van der Waals surface area contributed by atoms with Gasteiger partial charge in [0.15, 0.2) is 5.13 Å². The molecule has 5 nitrogen and oxygen atoms in total. The van der Waals surface area contributed by atoms with Crippen LogP contribution in [0.1, 0.15) is 31.7 Å². The lowest BCUT2D eigenvalue weighted by atomic mass is 10.2. The molecule has 2 rings (SSSR count). The average Bonchev–Trinajstić information content (AvgIpc) is 2.82. The van der Waals surface area contributed by atoms with Gasteiger partial charge in [0.05, 0.1) is 0 Å². The molecule has 2 N–H and O–H groups in total. The number of nitrogens with one attached hydrogen (secondary N) is 2. The maximum atomic E-state index is 11.6. The highest BCUT2D eigenvalue weighted by Gasteiger charge is 2.27. The molecule has 0 radical (unpaired) electrons. The van der Waals surface area contributed by atoms with Crippen LogP contribution in [0.15, 0.2) is 6.20 Å². The predicted molar refractivity (Wildman–Crippen MR) is 74.0 cm³/mol. The standard InChI is InChI=1S/C12H20N4OS/c1-4-13-8(2)10-7-15-12(18-10)16-6-5-14-11(17)9(16)3/h7-9,13H,4-6H2,1-3H3,(H,14,17). The van der Waals surface area contributed by atoms with E-state index in [4.69, 9.17) is 0 Å². The van der Waals surface area contributed by atoms with Crippen molar-refractivity contribution in [1.29, 1.82) is 0 Å². The third-order valence-electron chi connectivity index (χ3n) is 3.19. The minimum absolute atomic E-state index is 0.0812. The Kier molecular flexibility index (Phi) is 4.19. The zero-order valence-corrected chi connectivity index (χ0v) is 11.9. The first kappa shape index (κ1) is 13.3. The lowest BCUT2D eigenvalue weighted by Gasteiger charge is -2.32. The molecule has 1 saturated heterocycles. The van der Waals surface area contributed by atoms with Crippen LogP contribution >= 0.6 is 11.3 Å². The highest BCUT2D eigenvalue weighted by Crippen LogP contribution is 2.28. The first-order valence-corrected chi connectivity index (χ1v) is 7.18. The van der Waals surface area contributed by atoms with Crippen molar-refractivity contribution in [3.05, 3.63) is 11.1 Å². The molecule has 1 amide bonds. The van der Waals surface area contributed by atoms with E-state index in [0.29, 0.717) is 12.6 Å². The molecule has 0 spiro atoms. The van der Waals surface area contributed by atoms with Gasteiger partial charge in [-0.05, 0) is 20.4 Å². The van der Waals surface area contributed by atoms with E-state index in [1.807, 2.05) is 13.1 Å². The number of hydrogen-bond donors (Lipinski definition) is 2. The van der Waals surface area contributed by atoms with Crippen molar-refractivity contribution in [1.82, 2.24) is 15.6 Å². The van der Waals surface area contributed by atoms with E-state index in [1.54, 1.807) is 11.3 Å². The fourth-order valence-corrected chi connectivity index (χ4v) is 3.11. The number of nitrogens with zero attached hydrogens (tertiary/aromatic N) is 2. The monoisotopic (exact) mass is 268 g/mol. The van der Waals surface area contributed by atoms with Crippen LogP contribution in [-0.2, 0) is 4.79 Å². The molecule has 2 unspecified atom stereocenters. The van der Waals surface area contributed by atoms with Gasteiger partial charge in [0.2, 0.25) is 5.91 Å². The second-order valence-corrected chi connectivity index (χ2v) is 5.53. The molecule has 1 aromatic heterocycles. The molecule has 2 atom stereocenters. The Morgan fingerprint density at radius 2 is 2.50 bits per heavy atom. The third kappa shape index (κ3) is 2.64. The van der Waals surface area contributed by atoms with Crippen molar-refractivity contribution < 1.29 is 4.79 Å². The number of carbonyl (C=O) groups excluding carboxylic acids is 1. The summed E-state index contributed by atoms with van der Waals surface area (Å²) >= 11 is 1.67. The maximum absolute atomic E-state index is 11.6.